The summed E-state index contributed by atoms with van der Waals surface area (Å²) in [5, 5.41) is 4.02. The van der Waals surface area contributed by atoms with Crippen molar-refractivity contribution in [1.29, 1.82) is 0 Å². The summed E-state index contributed by atoms with van der Waals surface area (Å²) in [6, 6.07) is 13.3. The molecule has 25 heavy (non-hydrogen) atoms. The van der Waals surface area contributed by atoms with Crippen LogP contribution in [0, 0.1) is 6.92 Å². The summed E-state index contributed by atoms with van der Waals surface area (Å²) in [7, 11) is 1.59. The van der Waals surface area contributed by atoms with Crippen LogP contribution in [-0.2, 0) is 11.3 Å². The van der Waals surface area contributed by atoms with E-state index in [-0.39, 0.29) is 12.5 Å². The van der Waals surface area contributed by atoms with E-state index in [9.17, 15) is 4.79 Å². The Morgan fingerprint density at radius 2 is 2.16 bits per heavy atom. The third-order valence-corrected chi connectivity index (χ3v) is 4.23. The van der Waals surface area contributed by atoms with Gasteiger partial charge in [-0.3, -0.25) is 4.79 Å². The van der Waals surface area contributed by atoms with Crippen LogP contribution >= 0.6 is 15.9 Å². The molecule has 0 bridgehead atoms. The number of halogens is 1. The molecule has 1 heterocycles. The highest BCUT2D eigenvalue weighted by Gasteiger charge is 2.10. The van der Waals surface area contributed by atoms with Gasteiger partial charge in [-0.2, -0.15) is 5.10 Å². The van der Waals surface area contributed by atoms with E-state index in [1.54, 1.807) is 13.3 Å². The van der Waals surface area contributed by atoms with E-state index in [4.69, 9.17) is 4.74 Å². The molecule has 2 aromatic carbocycles. The van der Waals surface area contributed by atoms with Gasteiger partial charge >= 0.3 is 0 Å². The second-order valence-corrected chi connectivity index (χ2v) is 6.33. The molecule has 7 heteroatoms. The molecule has 1 amide bonds. The highest BCUT2D eigenvalue weighted by Crippen LogP contribution is 2.21. The summed E-state index contributed by atoms with van der Waals surface area (Å²) in [6.45, 7) is 2.03. The number of hydrazone groups is 1. The van der Waals surface area contributed by atoms with Gasteiger partial charge in [-0.25, -0.2) is 10.4 Å². The number of amides is 1. The Hall–Kier alpha value is -2.67. The van der Waals surface area contributed by atoms with E-state index < -0.39 is 0 Å². The highest BCUT2D eigenvalue weighted by molar-refractivity contribution is 9.10. The Morgan fingerprint density at radius 1 is 1.36 bits per heavy atom. The van der Waals surface area contributed by atoms with Gasteiger partial charge in [0.25, 0.3) is 5.91 Å². The summed E-state index contributed by atoms with van der Waals surface area (Å²) in [5.41, 5.74) is 5.10. The predicted octanol–water partition coefficient (Wildman–Crippen LogP) is 3.27. The zero-order valence-electron chi connectivity index (χ0n) is 13.9. The van der Waals surface area contributed by atoms with Crippen LogP contribution in [0.5, 0.6) is 5.75 Å². The lowest BCUT2D eigenvalue weighted by Crippen LogP contribution is -2.23. The van der Waals surface area contributed by atoms with Crippen molar-refractivity contribution < 1.29 is 9.53 Å². The number of nitrogens with zero attached hydrogens (tertiary/aromatic N) is 3. The SMILES string of the molecule is COc1ccc(Br)cc1/C=N\NC(=O)Cn1c(C)nc2ccccc21. The summed E-state index contributed by atoms with van der Waals surface area (Å²) in [4.78, 5) is 16.7. The van der Waals surface area contributed by atoms with Crippen LogP contribution in [0.1, 0.15) is 11.4 Å². The molecule has 0 atom stereocenters. The number of hydrogen-bond donors (Lipinski definition) is 1. The molecule has 0 saturated carbocycles. The minimum Gasteiger partial charge on any atom is -0.496 e. The molecule has 0 saturated heterocycles. The Bertz CT molecular complexity index is 949. The van der Waals surface area contributed by atoms with Crippen molar-refractivity contribution in [3.05, 3.63) is 58.3 Å². The van der Waals surface area contributed by atoms with Crippen LogP contribution < -0.4 is 10.2 Å². The predicted molar refractivity (Wildman–Crippen MR) is 101 cm³/mol. The first kappa shape index (κ1) is 17.2. The largest absolute Gasteiger partial charge is 0.496 e. The maximum Gasteiger partial charge on any atom is 0.260 e. The topological polar surface area (TPSA) is 68.5 Å². The molecule has 0 spiro atoms. The monoisotopic (exact) mass is 400 g/mol. The lowest BCUT2D eigenvalue weighted by Gasteiger charge is -2.06. The van der Waals surface area contributed by atoms with Crippen molar-refractivity contribution in [3.8, 4) is 5.75 Å². The van der Waals surface area contributed by atoms with Crippen molar-refractivity contribution in [1.82, 2.24) is 15.0 Å². The number of carbonyl (C=O) groups excluding carboxylic acids is 1. The Kier molecular flexibility index (Phi) is 5.14. The molecule has 0 radical (unpaired) electrons. The highest BCUT2D eigenvalue weighted by atomic mass is 79.9. The van der Waals surface area contributed by atoms with Crippen molar-refractivity contribution in [2.45, 2.75) is 13.5 Å². The van der Waals surface area contributed by atoms with Gasteiger partial charge in [0.15, 0.2) is 0 Å². The zero-order chi connectivity index (χ0) is 17.8. The van der Waals surface area contributed by atoms with Crippen LogP contribution in [0.25, 0.3) is 11.0 Å². The first-order valence-corrected chi connectivity index (χ1v) is 8.45. The van der Waals surface area contributed by atoms with E-state index in [0.29, 0.717) is 5.75 Å². The first-order valence-electron chi connectivity index (χ1n) is 7.66. The van der Waals surface area contributed by atoms with Gasteiger partial charge in [-0.15, -0.1) is 0 Å². The third-order valence-electron chi connectivity index (χ3n) is 3.73. The van der Waals surface area contributed by atoms with E-state index in [2.05, 4.69) is 31.4 Å². The maximum atomic E-state index is 12.2. The average Bonchev–Trinajstić information content (AvgIpc) is 2.91. The quantitative estimate of drug-likeness (QED) is 0.527. The number of aromatic nitrogens is 2. The van der Waals surface area contributed by atoms with Gasteiger partial charge in [0.2, 0.25) is 0 Å². The molecule has 3 aromatic rings. The van der Waals surface area contributed by atoms with Crippen molar-refractivity contribution in [3.63, 3.8) is 0 Å². The molecule has 3 rings (SSSR count). The first-order chi connectivity index (χ1) is 12.1. The molecule has 1 N–H and O–H groups in total. The Labute approximate surface area is 153 Å². The molecule has 128 valence electrons. The normalized spacial score (nSPS) is 11.2. The number of methoxy groups -OCH3 is 1. The molecule has 0 fully saturated rings. The van der Waals surface area contributed by atoms with Gasteiger partial charge in [0.05, 0.1) is 24.4 Å². The van der Waals surface area contributed by atoms with E-state index in [1.807, 2.05) is 54.0 Å². The number of imidazole rings is 1. The molecule has 0 aliphatic carbocycles. The fraction of sp³-hybridized carbons (Fsp3) is 0.167. The molecule has 0 unspecified atom stereocenters. The molecular formula is C18H17BrN4O2. The summed E-state index contributed by atoms with van der Waals surface area (Å²) in [6.07, 6.45) is 1.56. The number of para-hydroxylation sites is 2. The third kappa shape index (κ3) is 3.88. The number of ether oxygens (including phenoxy) is 1. The lowest BCUT2D eigenvalue weighted by atomic mass is 10.2. The number of carbonyl (C=O) groups is 1. The number of benzene rings is 2. The van der Waals surface area contributed by atoms with Crippen LogP contribution in [0.2, 0.25) is 0 Å². The van der Waals surface area contributed by atoms with Gasteiger partial charge < -0.3 is 9.30 Å². The van der Waals surface area contributed by atoms with E-state index in [0.717, 1.165) is 26.9 Å². The fourth-order valence-electron chi connectivity index (χ4n) is 2.55. The minimum absolute atomic E-state index is 0.152. The van der Waals surface area contributed by atoms with E-state index in [1.165, 1.54) is 0 Å². The van der Waals surface area contributed by atoms with E-state index >= 15 is 0 Å². The molecule has 1 aromatic heterocycles. The fourth-order valence-corrected chi connectivity index (χ4v) is 2.93. The zero-order valence-corrected chi connectivity index (χ0v) is 15.4. The Balaban J connectivity index is 1.71. The van der Waals surface area contributed by atoms with Gasteiger partial charge in [0, 0.05) is 10.0 Å². The van der Waals surface area contributed by atoms with Crippen molar-refractivity contribution in [2.24, 2.45) is 5.10 Å². The second kappa shape index (κ2) is 7.48. The van der Waals surface area contributed by atoms with Crippen LogP contribution in [-0.4, -0.2) is 28.8 Å². The molecule has 0 aliphatic heterocycles. The smallest absolute Gasteiger partial charge is 0.260 e. The van der Waals surface area contributed by atoms with Crippen molar-refractivity contribution >= 4 is 39.1 Å². The minimum atomic E-state index is -0.225. The summed E-state index contributed by atoms with van der Waals surface area (Å²) in [5.74, 6) is 1.24. The van der Waals surface area contributed by atoms with Crippen molar-refractivity contribution in [2.75, 3.05) is 7.11 Å². The van der Waals surface area contributed by atoms with Crippen LogP contribution in [0.15, 0.2) is 52.0 Å². The molecular weight excluding hydrogens is 384 g/mol. The molecule has 6 nitrogen and oxygen atoms in total. The molecule has 0 aliphatic rings. The average molecular weight is 401 g/mol. The Morgan fingerprint density at radius 3 is 2.96 bits per heavy atom. The van der Waals surface area contributed by atoms with Gasteiger partial charge in [-0.1, -0.05) is 28.1 Å². The summed E-state index contributed by atoms with van der Waals surface area (Å²) >= 11 is 3.40. The van der Waals surface area contributed by atoms with Gasteiger partial charge in [-0.05, 0) is 37.3 Å². The summed E-state index contributed by atoms with van der Waals surface area (Å²) < 4.78 is 8.04. The number of fused-ring (bicyclic) bond motifs is 1. The number of rotatable bonds is 5. The maximum absolute atomic E-state index is 12.2. The van der Waals surface area contributed by atoms with Crippen LogP contribution in [0.4, 0.5) is 0 Å². The number of nitrogens with one attached hydrogen (secondary N) is 1. The second-order valence-electron chi connectivity index (χ2n) is 5.41. The van der Waals surface area contributed by atoms with Crippen LogP contribution in [0.3, 0.4) is 0 Å². The number of hydrogen-bond acceptors (Lipinski definition) is 4. The lowest BCUT2D eigenvalue weighted by molar-refractivity contribution is -0.121. The standard InChI is InChI=1S/C18H17BrN4O2/c1-12-21-15-5-3-4-6-16(15)23(12)11-18(24)22-20-10-13-9-14(19)7-8-17(13)25-2/h3-10H,11H2,1-2H3,(H,22,24)/b20-10-. The van der Waals surface area contributed by atoms with Gasteiger partial charge in [0.1, 0.15) is 18.1 Å². The number of aryl methyl sites for hydroxylation is 1.